The number of hydrogen-bond donors (Lipinski definition) is 2. The molecule has 1 amide bonds. The van der Waals surface area contributed by atoms with E-state index in [0.717, 1.165) is 25.3 Å². The number of carbonyl (C=O) groups excluding carboxylic acids is 1. The van der Waals surface area contributed by atoms with Gasteiger partial charge in [0, 0.05) is 23.1 Å². The Morgan fingerprint density at radius 2 is 2.19 bits per heavy atom. The number of rotatable bonds is 5. The van der Waals surface area contributed by atoms with Crippen molar-refractivity contribution < 1.29 is 4.79 Å². The van der Waals surface area contributed by atoms with Gasteiger partial charge in [-0.2, -0.15) is 0 Å². The standard InChI is InChI=1S/C17H26N2OS/c1-12-4-5-15(10-13(12)2)21-9-7-17(20)19-16-6-8-18-11-14(16)3/h4-5,10,14,16,18H,6-9,11H2,1-3H3,(H,19,20). The van der Waals surface area contributed by atoms with Crippen LogP contribution in [0, 0.1) is 19.8 Å². The summed E-state index contributed by atoms with van der Waals surface area (Å²) in [4.78, 5) is 13.3. The van der Waals surface area contributed by atoms with Gasteiger partial charge in [-0.3, -0.25) is 4.79 Å². The molecule has 0 spiro atoms. The van der Waals surface area contributed by atoms with Crippen molar-refractivity contribution in [3.05, 3.63) is 29.3 Å². The number of amides is 1. The molecule has 2 rings (SSSR count). The molecular weight excluding hydrogens is 280 g/mol. The topological polar surface area (TPSA) is 41.1 Å². The van der Waals surface area contributed by atoms with Gasteiger partial charge < -0.3 is 10.6 Å². The molecule has 1 saturated heterocycles. The first-order valence-electron chi connectivity index (χ1n) is 7.76. The summed E-state index contributed by atoms with van der Waals surface area (Å²) >= 11 is 1.76. The molecule has 4 heteroatoms. The van der Waals surface area contributed by atoms with Crippen molar-refractivity contribution in [2.24, 2.45) is 5.92 Å². The average Bonchev–Trinajstić information content (AvgIpc) is 2.45. The van der Waals surface area contributed by atoms with E-state index in [1.165, 1.54) is 16.0 Å². The largest absolute Gasteiger partial charge is 0.353 e. The van der Waals surface area contributed by atoms with Crippen LogP contribution >= 0.6 is 11.8 Å². The van der Waals surface area contributed by atoms with Crippen LogP contribution in [-0.4, -0.2) is 30.8 Å². The van der Waals surface area contributed by atoms with Crippen molar-refractivity contribution in [3.63, 3.8) is 0 Å². The van der Waals surface area contributed by atoms with Crippen LogP contribution in [0.3, 0.4) is 0 Å². The molecule has 21 heavy (non-hydrogen) atoms. The maximum atomic E-state index is 12.0. The molecule has 2 atom stereocenters. The zero-order valence-electron chi connectivity index (χ0n) is 13.2. The molecule has 1 aliphatic heterocycles. The summed E-state index contributed by atoms with van der Waals surface area (Å²) in [5.41, 5.74) is 2.63. The minimum Gasteiger partial charge on any atom is -0.353 e. The molecule has 116 valence electrons. The lowest BCUT2D eigenvalue weighted by molar-refractivity contribution is -0.121. The highest BCUT2D eigenvalue weighted by Gasteiger charge is 2.22. The summed E-state index contributed by atoms with van der Waals surface area (Å²) in [6.07, 6.45) is 1.63. The first-order chi connectivity index (χ1) is 10.1. The van der Waals surface area contributed by atoms with E-state index in [1.807, 2.05) is 0 Å². The van der Waals surface area contributed by atoms with Gasteiger partial charge in [-0.25, -0.2) is 0 Å². The Hall–Kier alpha value is -1.00. The van der Waals surface area contributed by atoms with Gasteiger partial charge in [0.25, 0.3) is 0 Å². The van der Waals surface area contributed by atoms with Crippen LogP contribution in [0.1, 0.15) is 30.9 Å². The van der Waals surface area contributed by atoms with Crippen LogP contribution < -0.4 is 10.6 Å². The molecule has 3 nitrogen and oxygen atoms in total. The van der Waals surface area contributed by atoms with Crippen molar-refractivity contribution in [1.29, 1.82) is 0 Å². The number of benzene rings is 1. The van der Waals surface area contributed by atoms with Crippen LogP contribution in [0.5, 0.6) is 0 Å². The van der Waals surface area contributed by atoms with Gasteiger partial charge in [0.2, 0.25) is 5.91 Å². The highest BCUT2D eigenvalue weighted by molar-refractivity contribution is 7.99. The predicted molar refractivity (Wildman–Crippen MR) is 89.8 cm³/mol. The Balaban J connectivity index is 1.72. The van der Waals surface area contributed by atoms with E-state index in [2.05, 4.69) is 49.6 Å². The Morgan fingerprint density at radius 1 is 1.38 bits per heavy atom. The van der Waals surface area contributed by atoms with Crippen molar-refractivity contribution in [2.75, 3.05) is 18.8 Å². The summed E-state index contributed by atoms with van der Waals surface area (Å²) in [5, 5.41) is 6.54. The third kappa shape index (κ3) is 5.04. The second kappa shape index (κ2) is 7.85. The highest BCUT2D eigenvalue weighted by atomic mass is 32.2. The smallest absolute Gasteiger partial charge is 0.221 e. The van der Waals surface area contributed by atoms with Crippen LogP contribution in [0.25, 0.3) is 0 Å². The highest BCUT2D eigenvalue weighted by Crippen LogP contribution is 2.21. The number of carbonyl (C=O) groups is 1. The van der Waals surface area contributed by atoms with Crippen molar-refractivity contribution in [3.8, 4) is 0 Å². The van der Waals surface area contributed by atoms with Crippen LogP contribution in [0.2, 0.25) is 0 Å². The molecule has 1 fully saturated rings. The molecule has 2 unspecified atom stereocenters. The molecule has 1 aromatic carbocycles. The Morgan fingerprint density at radius 3 is 2.90 bits per heavy atom. The maximum absolute atomic E-state index is 12.0. The number of piperidine rings is 1. The normalized spacial score (nSPS) is 22.0. The molecule has 2 N–H and O–H groups in total. The molecule has 0 aliphatic carbocycles. The van der Waals surface area contributed by atoms with Crippen LogP contribution in [0.4, 0.5) is 0 Å². The van der Waals surface area contributed by atoms with E-state index in [1.54, 1.807) is 11.8 Å². The molecule has 0 bridgehead atoms. The Kier molecular flexibility index (Phi) is 6.12. The quantitative estimate of drug-likeness (QED) is 0.822. The lowest BCUT2D eigenvalue weighted by Gasteiger charge is -2.30. The van der Waals surface area contributed by atoms with Crippen molar-refractivity contribution in [1.82, 2.24) is 10.6 Å². The number of aryl methyl sites for hydroxylation is 2. The third-order valence-corrected chi connectivity index (χ3v) is 5.20. The van der Waals surface area contributed by atoms with E-state index in [0.29, 0.717) is 18.4 Å². The zero-order valence-corrected chi connectivity index (χ0v) is 14.1. The minimum absolute atomic E-state index is 0.185. The maximum Gasteiger partial charge on any atom is 0.221 e. The fourth-order valence-electron chi connectivity index (χ4n) is 2.57. The van der Waals surface area contributed by atoms with Gasteiger partial charge in [0.15, 0.2) is 0 Å². The number of nitrogens with one attached hydrogen (secondary N) is 2. The fourth-order valence-corrected chi connectivity index (χ4v) is 3.52. The lowest BCUT2D eigenvalue weighted by atomic mass is 9.95. The molecule has 1 aliphatic rings. The van der Waals surface area contributed by atoms with Crippen LogP contribution in [0.15, 0.2) is 23.1 Å². The summed E-state index contributed by atoms with van der Waals surface area (Å²) in [5.74, 6) is 1.55. The first-order valence-corrected chi connectivity index (χ1v) is 8.75. The second-order valence-corrected chi connectivity index (χ2v) is 7.16. The van der Waals surface area contributed by atoms with E-state index >= 15 is 0 Å². The van der Waals surface area contributed by atoms with Gasteiger partial charge in [-0.05, 0) is 62.5 Å². The van der Waals surface area contributed by atoms with Gasteiger partial charge in [0.05, 0.1) is 0 Å². The molecule has 0 radical (unpaired) electrons. The Labute approximate surface area is 132 Å². The second-order valence-electron chi connectivity index (χ2n) is 5.99. The molecule has 0 saturated carbocycles. The lowest BCUT2D eigenvalue weighted by Crippen LogP contribution is -2.48. The SMILES string of the molecule is Cc1ccc(SCCC(=O)NC2CCNCC2C)cc1C. The Bertz CT molecular complexity index is 490. The van der Waals surface area contributed by atoms with Gasteiger partial charge in [-0.1, -0.05) is 13.0 Å². The summed E-state index contributed by atoms with van der Waals surface area (Å²) in [6.45, 7) is 8.46. The summed E-state index contributed by atoms with van der Waals surface area (Å²) < 4.78 is 0. The average molecular weight is 306 g/mol. The fraction of sp³-hybridized carbons (Fsp3) is 0.588. The molecular formula is C17H26N2OS. The third-order valence-electron chi connectivity index (χ3n) is 4.21. The first kappa shape index (κ1) is 16.4. The molecule has 1 aromatic rings. The minimum atomic E-state index is 0.185. The van der Waals surface area contributed by atoms with Crippen LogP contribution in [-0.2, 0) is 4.79 Å². The zero-order chi connectivity index (χ0) is 15.2. The van der Waals surface area contributed by atoms with Crippen molar-refractivity contribution >= 4 is 17.7 Å². The summed E-state index contributed by atoms with van der Waals surface area (Å²) in [6, 6.07) is 6.83. The van der Waals surface area contributed by atoms with Crippen molar-refractivity contribution in [2.45, 2.75) is 44.6 Å². The monoisotopic (exact) mass is 306 g/mol. The number of thioether (sulfide) groups is 1. The van der Waals surface area contributed by atoms with E-state index in [4.69, 9.17) is 0 Å². The van der Waals surface area contributed by atoms with Gasteiger partial charge >= 0.3 is 0 Å². The van der Waals surface area contributed by atoms with Gasteiger partial charge in [0.1, 0.15) is 0 Å². The van der Waals surface area contributed by atoms with E-state index < -0.39 is 0 Å². The summed E-state index contributed by atoms with van der Waals surface area (Å²) in [7, 11) is 0. The number of hydrogen-bond acceptors (Lipinski definition) is 3. The van der Waals surface area contributed by atoms with Gasteiger partial charge in [-0.15, -0.1) is 11.8 Å². The molecule has 1 heterocycles. The van der Waals surface area contributed by atoms with E-state index in [9.17, 15) is 4.79 Å². The molecule has 0 aromatic heterocycles. The van der Waals surface area contributed by atoms with E-state index in [-0.39, 0.29) is 5.91 Å². The predicted octanol–water partition coefficient (Wildman–Crippen LogP) is 2.90.